The minimum atomic E-state index is -0.395. The molecule has 30 heavy (non-hydrogen) atoms. The molecule has 0 aliphatic carbocycles. The van der Waals surface area contributed by atoms with Crippen molar-refractivity contribution in [2.75, 3.05) is 5.32 Å². The van der Waals surface area contributed by atoms with Crippen molar-refractivity contribution in [3.05, 3.63) is 99.5 Å². The number of hydrogen-bond acceptors (Lipinski definition) is 3. The zero-order valence-corrected chi connectivity index (χ0v) is 17.7. The monoisotopic (exact) mass is 439 g/mol. The van der Waals surface area contributed by atoms with Crippen LogP contribution in [0.3, 0.4) is 0 Å². The summed E-state index contributed by atoms with van der Waals surface area (Å²) in [5.74, 6) is -0.555. The van der Waals surface area contributed by atoms with Gasteiger partial charge in [0.25, 0.3) is 5.91 Å². The van der Waals surface area contributed by atoms with Crippen molar-refractivity contribution in [2.24, 2.45) is 5.10 Å². The fourth-order valence-electron chi connectivity index (χ4n) is 2.71. The molecular weight excluding hydrogens is 421 g/mol. The van der Waals surface area contributed by atoms with Gasteiger partial charge in [-0.2, -0.15) is 5.10 Å². The second kappa shape index (κ2) is 10.1. The summed E-state index contributed by atoms with van der Waals surface area (Å²) >= 11 is 11.9. The predicted molar refractivity (Wildman–Crippen MR) is 121 cm³/mol. The number of amides is 2. The summed E-state index contributed by atoms with van der Waals surface area (Å²) in [6, 6.07) is 21.2. The molecule has 5 nitrogen and oxygen atoms in total. The molecule has 0 unspecified atom stereocenters. The second-order valence-corrected chi connectivity index (χ2v) is 7.37. The highest BCUT2D eigenvalue weighted by Crippen LogP contribution is 2.22. The Hall–Kier alpha value is -3.15. The number of nitrogens with one attached hydrogen (secondary N) is 2. The third kappa shape index (κ3) is 5.92. The molecule has 0 fully saturated rings. The van der Waals surface area contributed by atoms with Crippen LogP contribution in [-0.4, -0.2) is 17.5 Å². The maximum absolute atomic E-state index is 12.5. The lowest BCUT2D eigenvalue weighted by Crippen LogP contribution is -2.20. The van der Waals surface area contributed by atoms with Crippen molar-refractivity contribution in [1.82, 2.24) is 5.43 Å². The molecule has 0 aromatic heterocycles. The number of benzene rings is 3. The largest absolute Gasteiger partial charge is 0.326 e. The van der Waals surface area contributed by atoms with Crippen molar-refractivity contribution in [1.29, 1.82) is 0 Å². The highest BCUT2D eigenvalue weighted by Gasteiger charge is 2.09. The summed E-state index contributed by atoms with van der Waals surface area (Å²) in [5, 5.41) is 7.78. The van der Waals surface area contributed by atoms with E-state index < -0.39 is 5.91 Å². The van der Waals surface area contributed by atoms with Crippen molar-refractivity contribution in [3.63, 3.8) is 0 Å². The molecule has 0 heterocycles. The standard InChI is InChI=1S/C23H19Cl2N3O2/c1-15(17-10-11-20(24)21(25)14-17)27-28-23(30)18-8-5-9-19(13-18)26-22(29)12-16-6-3-2-4-7-16/h2-11,13-14H,12H2,1H3,(H,26,29)(H,28,30). The summed E-state index contributed by atoms with van der Waals surface area (Å²) in [7, 11) is 0. The highest BCUT2D eigenvalue weighted by atomic mass is 35.5. The van der Waals surface area contributed by atoms with Gasteiger partial charge < -0.3 is 5.32 Å². The number of rotatable bonds is 6. The molecule has 0 aliphatic rings. The Labute approximate surface area is 184 Å². The molecule has 0 aliphatic heterocycles. The van der Waals surface area contributed by atoms with Crippen LogP contribution in [-0.2, 0) is 11.2 Å². The van der Waals surface area contributed by atoms with Crippen LogP contribution in [0.25, 0.3) is 0 Å². The Bertz CT molecular complexity index is 1100. The summed E-state index contributed by atoms with van der Waals surface area (Å²) in [5.41, 5.74) is 5.65. The van der Waals surface area contributed by atoms with E-state index in [0.29, 0.717) is 27.0 Å². The van der Waals surface area contributed by atoms with E-state index in [9.17, 15) is 9.59 Å². The summed E-state index contributed by atoms with van der Waals surface area (Å²) in [6.45, 7) is 1.75. The van der Waals surface area contributed by atoms with E-state index in [4.69, 9.17) is 23.2 Å². The molecule has 7 heteroatoms. The van der Waals surface area contributed by atoms with E-state index in [2.05, 4.69) is 15.8 Å². The van der Waals surface area contributed by atoms with Crippen molar-refractivity contribution in [2.45, 2.75) is 13.3 Å². The van der Waals surface area contributed by atoms with Gasteiger partial charge in [-0.25, -0.2) is 5.43 Å². The van der Waals surface area contributed by atoms with Gasteiger partial charge in [-0.3, -0.25) is 9.59 Å². The number of hydrogen-bond donors (Lipinski definition) is 2. The van der Waals surface area contributed by atoms with Gasteiger partial charge in [-0.15, -0.1) is 0 Å². The third-order valence-electron chi connectivity index (χ3n) is 4.28. The van der Waals surface area contributed by atoms with Gasteiger partial charge in [-0.05, 0) is 48.4 Å². The molecule has 3 aromatic carbocycles. The first-order chi connectivity index (χ1) is 14.4. The molecule has 2 amide bonds. The quantitative estimate of drug-likeness (QED) is 0.402. The zero-order valence-electron chi connectivity index (χ0n) is 16.2. The van der Waals surface area contributed by atoms with Crippen molar-refractivity contribution >= 4 is 46.4 Å². The molecule has 0 atom stereocenters. The minimum Gasteiger partial charge on any atom is -0.326 e. The fraction of sp³-hybridized carbons (Fsp3) is 0.0870. The number of halogens is 2. The maximum atomic E-state index is 12.5. The number of hydrazone groups is 1. The first-order valence-corrected chi connectivity index (χ1v) is 9.92. The van der Waals surface area contributed by atoms with Crippen LogP contribution in [0.5, 0.6) is 0 Å². The van der Waals surface area contributed by atoms with E-state index >= 15 is 0 Å². The minimum absolute atomic E-state index is 0.160. The van der Waals surface area contributed by atoms with Gasteiger partial charge in [0, 0.05) is 11.3 Å². The first-order valence-electron chi connectivity index (χ1n) is 9.16. The Morgan fingerprint density at radius 3 is 2.37 bits per heavy atom. The fourth-order valence-corrected chi connectivity index (χ4v) is 3.01. The van der Waals surface area contributed by atoms with Gasteiger partial charge in [0.1, 0.15) is 0 Å². The molecule has 0 bridgehead atoms. The summed E-state index contributed by atoms with van der Waals surface area (Å²) < 4.78 is 0. The van der Waals surface area contributed by atoms with Crippen LogP contribution in [0.1, 0.15) is 28.4 Å². The third-order valence-corrected chi connectivity index (χ3v) is 5.02. The van der Waals surface area contributed by atoms with E-state index in [1.54, 1.807) is 49.4 Å². The Balaban J connectivity index is 1.63. The van der Waals surface area contributed by atoms with Crippen LogP contribution in [0, 0.1) is 0 Å². The van der Waals surface area contributed by atoms with Crippen LogP contribution in [0.15, 0.2) is 77.9 Å². The smallest absolute Gasteiger partial charge is 0.271 e. The van der Waals surface area contributed by atoms with E-state index in [1.807, 2.05) is 30.3 Å². The molecular formula is C23H19Cl2N3O2. The molecule has 0 saturated carbocycles. The lowest BCUT2D eigenvalue weighted by Gasteiger charge is -2.08. The van der Waals surface area contributed by atoms with Gasteiger partial charge in [0.05, 0.1) is 22.2 Å². The van der Waals surface area contributed by atoms with Gasteiger partial charge >= 0.3 is 0 Å². The molecule has 152 valence electrons. The van der Waals surface area contributed by atoms with Gasteiger partial charge in [0.2, 0.25) is 5.91 Å². The topological polar surface area (TPSA) is 70.6 Å². The lowest BCUT2D eigenvalue weighted by molar-refractivity contribution is -0.115. The molecule has 2 N–H and O–H groups in total. The lowest BCUT2D eigenvalue weighted by atomic mass is 10.1. The van der Waals surface area contributed by atoms with E-state index in [1.165, 1.54) is 0 Å². The highest BCUT2D eigenvalue weighted by molar-refractivity contribution is 6.42. The number of nitrogens with zero attached hydrogens (tertiary/aromatic N) is 1. The molecule has 3 aromatic rings. The molecule has 0 radical (unpaired) electrons. The Morgan fingerprint density at radius 2 is 1.63 bits per heavy atom. The average molecular weight is 440 g/mol. The van der Waals surface area contributed by atoms with Crippen LogP contribution in [0.4, 0.5) is 5.69 Å². The maximum Gasteiger partial charge on any atom is 0.271 e. The van der Waals surface area contributed by atoms with Gasteiger partial charge in [0.15, 0.2) is 0 Å². The SMILES string of the molecule is CC(=NNC(=O)c1cccc(NC(=O)Cc2ccccc2)c1)c1ccc(Cl)c(Cl)c1. The molecule has 0 saturated heterocycles. The first kappa shape index (κ1) is 21.6. The summed E-state index contributed by atoms with van der Waals surface area (Å²) in [4.78, 5) is 24.7. The Morgan fingerprint density at radius 1 is 0.867 bits per heavy atom. The van der Waals surface area contributed by atoms with Crippen LogP contribution < -0.4 is 10.7 Å². The average Bonchev–Trinajstić information content (AvgIpc) is 2.74. The second-order valence-electron chi connectivity index (χ2n) is 6.56. The normalized spacial score (nSPS) is 11.1. The molecule has 0 spiro atoms. The van der Waals surface area contributed by atoms with Crippen LogP contribution >= 0.6 is 23.2 Å². The number of carbonyl (C=O) groups is 2. The van der Waals surface area contributed by atoms with E-state index in [-0.39, 0.29) is 12.3 Å². The predicted octanol–water partition coefficient (Wildman–Crippen LogP) is 5.33. The molecule has 3 rings (SSSR count). The number of carbonyl (C=O) groups excluding carboxylic acids is 2. The van der Waals surface area contributed by atoms with E-state index in [0.717, 1.165) is 11.1 Å². The zero-order chi connectivity index (χ0) is 21.5. The summed E-state index contributed by atoms with van der Waals surface area (Å²) in [6.07, 6.45) is 0.254. The Kier molecular flexibility index (Phi) is 7.22. The van der Waals surface area contributed by atoms with Crippen molar-refractivity contribution < 1.29 is 9.59 Å². The van der Waals surface area contributed by atoms with Crippen LogP contribution in [0.2, 0.25) is 10.0 Å². The van der Waals surface area contributed by atoms with Gasteiger partial charge in [-0.1, -0.05) is 65.7 Å². The number of anilines is 1. The van der Waals surface area contributed by atoms with Crippen molar-refractivity contribution in [3.8, 4) is 0 Å².